The number of nitrogens with two attached hydrogens (primary N) is 1. The summed E-state index contributed by atoms with van der Waals surface area (Å²) in [5, 5.41) is 5.05. The van der Waals surface area contributed by atoms with E-state index < -0.39 is 17.9 Å². The summed E-state index contributed by atoms with van der Waals surface area (Å²) in [4.78, 5) is 58.9. The summed E-state index contributed by atoms with van der Waals surface area (Å²) in [5.41, 5.74) is 9.95. The van der Waals surface area contributed by atoms with Crippen LogP contribution in [-0.4, -0.2) is 45.4 Å². The second-order valence-corrected chi connectivity index (χ2v) is 11.6. The van der Waals surface area contributed by atoms with Gasteiger partial charge in [-0.25, -0.2) is 4.79 Å². The SMILES string of the molecule is C[C@@H](OCc1ccc(CCCCCCc2ccc3c(c2)n(C)c(=O)n3C2CCC(=O)NC2=O)cc1)[C@H](CCC(N)=O)NC=O. The highest BCUT2D eigenvalue weighted by molar-refractivity contribution is 6.00. The van der Waals surface area contributed by atoms with Gasteiger partial charge in [0.25, 0.3) is 0 Å². The van der Waals surface area contributed by atoms with Gasteiger partial charge in [-0.2, -0.15) is 0 Å². The highest BCUT2D eigenvalue weighted by atomic mass is 16.5. The molecule has 1 fully saturated rings. The largest absolute Gasteiger partial charge is 0.372 e. The number of imide groups is 1. The molecule has 11 heteroatoms. The van der Waals surface area contributed by atoms with E-state index >= 15 is 0 Å². The zero-order valence-electron chi connectivity index (χ0n) is 25.6. The smallest absolute Gasteiger partial charge is 0.329 e. The van der Waals surface area contributed by atoms with Gasteiger partial charge in [0.2, 0.25) is 24.1 Å². The quantitative estimate of drug-likeness (QED) is 0.122. The second kappa shape index (κ2) is 15.5. The normalized spacial score (nSPS) is 16.5. The highest BCUT2D eigenvalue weighted by Crippen LogP contribution is 2.24. The minimum Gasteiger partial charge on any atom is -0.372 e. The van der Waals surface area contributed by atoms with Crippen LogP contribution in [0.4, 0.5) is 0 Å². The van der Waals surface area contributed by atoms with Crippen molar-refractivity contribution in [1.82, 2.24) is 19.8 Å². The van der Waals surface area contributed by atoms with E-state index in [2.05, 4.69) is 34.9 Å². The molecule has 3 aromatic rings. The molecule has 0 radical (unpaired) electrons. The predicted molar refractivity (Wildman–Crippen MR) is 167 cm³/mol. The summed E-state index contributed by atoms with van der Waals surface area (Å²) in [6, 6.07) is 13.4. The number of aromatic nitrogens is 2. The number of hydrogen-bond acceptors (Lipinski definition) is 6. The Hall–Kier alpha value is -4.25. The Morgan fingerprint density at radius 1 is 1.02 bits per heavy atom. The maximum absolute atomic E-state index is 13.0. The minimum atomic E-state index is -0.673. The fraction of sp³-hybridized carbons (Fsp3) is 0.485. The first kappa shape index (κ1) is 32.7. The number of nitrogens with one attached hydrogen (secondary N) is 2. The van der Waals surface area contributed by atoms with E-state index in [4.69, 9.17) is 10.5 Å². The van der Waals surface area contributed by atoms with Crippen LogP contribution >= 0.6 is 0 Å². The summed E-state index contributed by atoms with van der Waals surface area (Å²) in [6.07, 6.45) is 7.80. The van der Waals surface area contributed by atoms with Gasteiger partial charge in [-0.1, -0.05) is 43.2 Å². The Kier molecular flexibility index (Phi) is 11.5. The van der Waals surface area contributed by atoms with Crippen molar-refractivity contribution in [3.05, 3.63) is 69.6 Å². The van der Waals surface area contributed by atoms with Crippen LogP contribution in [0.25, 0.3) is 11.0 Å². The first-order valence-electron chi connectivity index (χ1n) is 15.4. The molecule has 0 bridgehead atoms. The number of unbranched alkanes of at least 4 members (excludes halogenated alkanes) is 3. The molecule has 0 saturated carbocycles. The third-order valence-electron chi connectivity index (χ3n) is 8.44. The lowest BCUT2D eigenvalue weighted by Crippen LogP contribution is -2.44. The van der Waals surface area contributed by atoms with Crippen LogP contribution < -0.4 is 22.1 Å². The van der Waals surface area contributed by atoms with E-state index in [0.29, 0.717) is 31.4 Å². The average Bonchev–Trinajstić information content (AvgIpc) is 3.25. The van der Waals surface area contributed by atoms with Crippen LogP contribution in [0, 0.1) is 0 Å². The Morgan fingerprint density at radius 2 is 1.68 bits per heavy atom. The van der Waals surface area contributed by atoms with Crippen LogP contribution in [0.1, 0.15) is 81.0 Å². The van der Waals surface area contributed by atoms with Gasteiger partial charge in [-0.15, -0.1) is 0 Å². The van der Waals surface area contributed by atoms with Crippen molar-refractivity contribution >= 4 is 35.2 Å². The minimum absolute atomic E-state index is 0.189. The van der Waals surface area contributed by atoms with Gasteiger partial charge in [-0.3, -0.25) is 33.6 Å². The number of rotatable bonds is 17. The van der Waals surface area contributed by atoms with Gasteiger partial charge in [0, 0.05) is 19.9 Å². The zero-order valence-corrected chi connectivity index (χ0v) is 25.6. The number of fused-ring (bicyclic) bond motifs is 1. The first-order valence-corrected chi connectivity index (χ1v) is 15.4. The number of carbonyl (C=O) groups is 4. The molecule has 236 valence electrons. The molecule has 1 aromatic heterocycles. The van der Waals surface area contributed by atoms with Crippen LogP contribution in [0.3, 0.4) is 0 Å². The molecule has 1 aliphatic heterocycles. The molecule has 4 N–H and O–H groups in total. The molecule has 4 amide bonds. The van der Waals surface area contributed by atoms with Crippen molar-refractivity contribution < 1.29 is 23.9 Å². The van der Waals surface area contributed by atoms with Crippen molar-refractivity contribution in [3.8, 4) is 0 Å². The number of amides is 4. The summed E-state index contributed by atoms with van der Waals surface area (Å²) in [7, 11) is 1.72. The van der Waals surface area contributed by atoms with E-state index in [1.807, 2.05) is 25.1 Å². The molecule has 0 spiro atoms. The standard InChI is InChI=1S/C33H43N5O6/c1-22(26(35-21-39)14-17-30(34)40)44-20-25-11-9-23(10-12-25)7-5-3-4-6-8-24-13-15-27-29(19-24)37(2)33(43)38(27)28-16-18-31(41)36-32(28)42/h9-13,15,19,21-22,26,28H,3-8,14,16-18,20H2,1-2H3,(H2,34,40)(H,35,39)(H,36,41,42)/t22-,26+,28?/m1/s1. The highest BCUT2D eigenvalue weighted by Gasteiger charge is 2.31. The average molecular weight is 606 g/mol. The molecule has 3 atom stereocenters. The number of carbonyl (C=O) groups excluding carboxylic acids is 4. The topological polar surface area (TPSA) is 155 Å². The number of piperidine rings is 1. The Labute approximate surface area is 257 Å². The number of nitrogens with zero attached hydrogens (tertiary/aromatic N) is 2. The van der Waals surface area contributed by atoms with E-state index in [1.54, 1.807) is 11.6 Å². The lowest BCUT2D eigenvalue weighted by atomic mass is 10.0. The number of aryl methyl sites for hydroxylation is 3. The number of ether oxygens (including phenoxy) is 1. The van der Waals surface area contributed by atoms with E-state index in [-0.39, 0.29) is 36.6 Å². The molecule has 44 heavy (non-hydrogen) atoms. The molecule has 2 heterocycles. The van der Waals surface area contributed by atoms with E-state index in [1.165, 1.54) is 10.1 Å². The van der Waals surface area contributed by atoms with Crippen molar-refractivity contribution in [2.45, 2.75) is 95.9 Å². The molecule has 2 aromatic carbocycles. The van der Waals surface area contributed by atoms with E-state index in [0.717, 1.165) is 55.2 Å². The lowest BCUT2D eigenvalue weighted by Gasteiger charge is -2.23. The first-order chi connectivity index (χ1) is 21.2. The molecule has 1 unspecified atom stereocenters. The molecular weight excluding hydrogens is 562 g/mol. The number of hydrogen-bond donors (Lipinski definition) is 3. The fourth-order valence-corrected chi connectivity index (χ4v) is 5.79. The lowest BCUT2D eigenvalue weighted by molar-refractivity contribution is -0.135. The van der Waals surface area contributed by atoms with Gasteiger partial charge in [0.1, 0.15) is 6.04 Å². The van der Waals surface area contributed by atoms with Crippen LogP contribution in [0.2, 0.25) is 0 Å². The van der Waals surface area contributed by atoms with Gasteiger partial charge in [0.15, 0.2) is 0 Å². The second-order valence-electron chi connectivity index (χ2n) is 11.6. The van der Waals surface area contributed by atoms with Gasteiger partial charge in [-0.05, 0) is 74.3 Å². The molecule has 11 nitrogen and oxygen atoms in total. The summed E-state index contributed by atoms with van der Waals surface area (Å²) in [5.74, 6) is -1.13. The number of benzene rings is 2. The van der Waals surface area contributed by atoms with Gasteiger partial charge < -0.3 is 15.8 Å². The van der Waals surface area contributed by atoms with E-state index in [9.17, 15) is 24.0 Å². The van der Waals surface area contributed by atoms with Crippen molar-refractivity contribution in [2.24, 2.45) is 12.8 Å². The molecule has 0 aliphatic carbocycles. The molecular formula is C33H43N5O6. The van der Waals surface area contributed by atoms with Crippen LogP contribution in [-0.2, 0) is 50.4 Å². The van der Waals surface area contributed by atoms with Crippen molar-refractivity contribution in [2.75, 3.05) is 0 Å². The maximum Gasteiger partial charge on any atom is 0.329 e. The van der Waals surface area contributed by atoms with Crippen LogP contribution in [0.5, 0.6) is 0 Å². The van der Waals surface area contributed by atoms with Crippen molar-refractivity contribution in [3.63, 3.8) is 0 Å². The fourth-order valence-electron chi connectivity index (χ4n) is 5.79. The molecule has 4 rings (SSSR count). The van der Waals surface area contributed by atoms with Crippen LogP contribution in [0.15, 0.2) is 47.3 Å². The Balaban J connectivity index is 1.19. The summed E-state index contributed by atoms with van der Waals surface area (Å²) in [6.45, 7) is 2.29. The van der Waals surface area contributed by atoms with Gasteiger partial charge in [0.05, 0.1) is 29.8 Å². The Bertz CT molecular complexity index is 1530. The molecule has 1 aliphatic rings. The molecule has 1 saturated heterocycles. The zero-order chi connectivity index (χ0) is 31.6. The van der Waals surface area contributed by atoms with Crippen molar-refractivity contribution in [1.29, 1.82) is 0 Å². The number of imidazole rings is 1. The van der Waals surface area contributed by atoms with Gasteiger partial charge >= 0.3 is 5.69 Å². The summed E-state index contributed by atoms with van der Waals surface area (Å²) >= 11 is 0. The summed E-state index contributed by atoms with van der Waals surface area (Å²) < 4.78 is 9.02. The maximum atomic E-state index is 13.0. The third-order valence-corrected chi connectivity index (χ3v) is 8.44. The third kappa shape index (κ3) is 8.43. The number of primary amides is 1. The Morgan fingerprint density at radius 3 is 2.34 bits per heavy atom. The monoisotopic (exact) mass is 605 g/mol. The predicted octanol–water partition coefficient (Wildman–Crippen LogP) is 2.95.